The second kappa shape index (κ2) is 2.90. The normalized spacial score (nSPS) is 15.1. The molecule has 1 heterocycles. The first-order valence-electron chi connectivity index (χ1n) is 4.43. The van der Waals surface area contributed by atoms with Crippen molar-refractivity contribution in [2.45, 2.75) is 19.5 Å². The fourth-order valence-electron chi connectivity index (χ4n) is 1.76. The van der Waals surface area contributed by atoms with Gasteiger partial charge in [-0.25, -0.2) is 0 Å². The van der Waals surface area contributed by atoms with Crippen molar-refractivity contribution >= 4 is 5.69 Å². The lowest BCUT2D eigenvalue weighted by atomic mass is 10.0. The Labute approximate surface area is 79.9 Å². The molecule has 0 bridgehead atoms. The van der Waals surface area contributed by atoms with Crippen molar-refractivity contribution < 1.29 is 13.2 Å². The minimum atomic E-state index is -4.23. The van der Waals surface area contributed by atoms with Crippen molar-refractivity contribution in [2.24, 2.45) is 0 Å². The Balaban J connectivity index is 2.53. The van der Waals surface area contributed by atoms with E-state index >= 15 is 0 Å². The highest BCUT2D eigenvalue weighted by Gasteiger charge is 2.33. The molecule has 0 amide bonds. The summed E-state index contributed by atoms with van der Waals surface area (Å²) in [4.78, 5) is 0. The number of benzene rings is 1. The molecule has 1 aliphatic heterocycles. The summed E-state index contributed by atoms with van der Waals surface area (Å²) in [6, 6.07) is 2.83. The van der Waals surface area contributed by atoms with E-state index in [-0.39, 0.29) is 5.56 Å². The molecule has 0 atom stereocenters. The molecule has 4 heteroatoms. The van der Waals surface area contributed by atoms with Gasteiger partial charge in [-0.05, 0) is 36.6 Å². The Morgan fingerprint density at radius 3 is 2.64 bits per heavy atom. The number of rotatable bonds is 0. The number of anilines is 1. The third-order valence-electron chi connectivity index (χ3n) is 2.47. The molecule has 76 valence electrons. The van der Waals surface area contributed by atoms with Gasteiger partial charge in [-0.2, -0.15) is 13.2 Å². The number of aryl methyl sites for hydroxylation is 1. The smallest absolute Gasteiger partial charge is 0.384 e. The highest BCUT2D eigenvalue weighted by atomic mass is 19.4. The quantitative estimate of drug-likeness (QED) is 0.680. The van der Waals surface area contributed by atoms with Crippen LogP contribution >= 0.6 is 0 Å². The predicted octanol–water partition coefficient (Wildman–Crippen LogP) is 2.98. The first kappa shape index (κ1) is 9.37. The second-order valence-corrected chi connectivity index (χ2v) is 3.50. The van der Waals surface area contributed by atoms with Gasteiger partial charge in [-0.1, -0.05) is 0 Å². The lowest BCUT2D eigenvalue weighted by Gasteiger charge is -2.12. The van der Waals surface area contributed by atoms with Gasteiger partial charge in [0, 0.05) is 12.2 Å². The van der Waals surface area contributed by atoms with Gasteiger partial charge in [0.1, 0.15) is 0 Å². The lowest BCUT2D eigenvalue weighted by molar-refractivity contribution is -0.138. The molecule has 0 aliphatic carbocycles. The number of nitrogens with one attached hydrogen (secondary N) is 1. The van der Waals surface area contributed by atoms with E-state index in [4.69, 9.17) is 0 Å². The van der Waals surface area contributed by atoms with E-state index in [9.17, 15) is 13.2 Å². The zero-order valence-electron chi connectivity index (χ0n) is 7.70. The molecule has 0 spiro atoms. The number of fused-ring (bicyclic) bond motifs is 1. The van der Waals surface area contributed by atoms with E-state index in [0.29, 0.717) is 6.42 Å². The van der Waals surface area contributed by atoms with Gasteiger partial charge in [0.25, 0.3) is 0 Å². The number of hydrogen-bond donors (Lipinski definition) is 1. The van der Waals surface area contributed by atoms with Crippen molar-refractivity contribution in [3.05, 3.63) is 28.8 Å². The third kappa shape index (κ3) is 1.45. The fourth-order valence-corrected chi connectivity index (χ4v) is 1.76. The van der Waals surface area contributed by atoms with Crippen LogP contribution in [0.5, 0.6) is 0 Å². The van der Waals surface area contributed by atoms with Crippen LogP contribution in [0.15, 0.2) is 12.1 Å². The topological polar surface area (TPSA) is 12.0 Å². The first-order chi connectivity index (χ1) is 6.48. The maximum atomic E-state index is 12.5. The van der Waals surface area contributed by atoms with Crippen molar-refractivity contribution in [3.8, 4) is 0 Å². The first-order valence-corrected chi connectivity index (χ1v) is 4.43. The minimum absolute atomic E-state index is 0.283. The average Bonchev–Trinajstić information content (AvgIpc) is 2.47. The van der Waals surface area contributed by atoms with Crippen LogP contribution < -0.4 is 5.32 Å². The molecule has 0 saturated heterocycles. The molecule has 0 aromatic heterocycles. The molecule has 14 heavy (non-hydrogen) atoms. The number of hydrogen-bond acceptors (Lipinski definition) is 1. The zero-order chi connectivity index (χ0) is 10.3. The van der Waals surface area contributed by atoms with Crippen molar-refractivity contribution in [1.29, 1.82) is 0 Å². The highest BCUT2D eigenvalue weighted by molar-refractivity contribution is 5.59. The van der Waals surface area contributed by atoms with Crippen LogP contribution in [0.25, 0.3) is 0 Å². The van der Waals surface area contributed by atoms with Gasteiger partial charge >= 0.3 is 6.18 Å². The Morgan fingerprint density at radius 2 is 2.00 bits per heavy atom. The molecular formula is C10H10F3N. The summed E-state index contributed by atoms with van der Waals surface area (Å²) < 4.78 is 37.5. The van der Waals surface area contributed by atoms with Gasteiger partial charge in [-0.15, -0.1) is 0 Å². The van der Waals surface area contributed by atoms with Gasteiger partial charge in [0.05, 0.1) is 5.56 Å². The fraction of sp³-hybridized carbons (Fsp3) is 0.400. The van der Waals surface area contributed by atoms with Crippen LogP contribution in [0, 0.1) is 6.92 Å². The minimum Gasteiger partial charge on any atom is -0.384 e. The molecule has 1 N–H and O–H groups in total. The van der Waals surface area contributed by atoms with Crippen LogP contribution in [-0.4, -0.2) is 6.54 Å². The summed E-state index contributed by atoms with van der Waals surface area (Å²) in [6.45, 7) is 2.22. The van der Waals surface area contributed by atoms with E-state index in [1.54, 1.807) is 6.07 Å². The Bertz CT molecular complexity index is 368. The third-order valence-corrected chi connectivity index (χ3v) is 2.47. The van der Waals surface area contributed by atoms with Crippen molar-refractivity contribution in [3.63, 3.8) is 0 Å². The SMILES string of the molecule is Cc1cc2c(cc1C(F)(F)F)CCN2. The zero-order valence-corrected chi connectivity index (χ0v) is 7.70. The molecule has 0 radical (unpaired) electrons. The Kier molecular flexibility index (Phi) is 1.94. The van der Waals surface area contributed by atoms with Crippen molar-refractivity contribution in [2.75, 3.05) is 11.9 Å². The van der Waals surface area contributed by atoms with E-state index in [1.165, 1.54) is 13.0 Å². The van der Waals surface area contributed by atoms with Crippen LogP contribution in [0.2, 0.25) is 0 Å². The van der Waals surface area contributed by atoms with E-state index in [1.807, 2.05) is 0 Å². The second-order valence-electron chi connectivity index (χ2n) is 3.50. The maximum absolute atomic E-state index is 12.5. The van der Waals surface area contributed by atoms with Crippen LogP contribution in [-0.2, 0) is 12.6 Å². The van der Waals surface area contributed by atoms with Crippen molar-refractivity contribution in [1.82, 2.24) is 0 Å². The standard InChI is InChI=1S/C10H10F3N/c1-6-4-9-7(2-3-14-9)5-8(6)10(11,12)13/h4-5,14H,2-3H2,1H3. The van der Waals surface area contributed by atoms with Crippen LogP contribution in [0.4, 0.5) is 18.9 Å². The molecular weight excluding hydrogens is 191 g/mol. The average molecular weight is 201 g/mol. The maximum Gasteiger partial charge on any atom is 0.416 e. The molecule has 0 saturated carbocycles. The molecule has 1 aromatic carbocycles. The molecule has 1 aliphatic rings. The molecule has 1 aromatic rings. The Morgan fingerprint density at radius 1 is 1.29 bits per heavy atom. The van der Waals surface area contributed by atoms with E-state index < -0.39 is 11.7 Å². The van der Waals surface area contributed by atoms with Gasteiger partial charge < -0.3 is 5.32 Å². The summed E-state index contributed by atoms with van der Waals surface area (Å²) in [6.07, 6.45) is -3.56. The number of halogens is 3. The highest BCUT2D eigenvalue weighted by Crippen LogP contribution is 2.36. The van der Waals surface area contributed by atoms with Gasteiger partial charge in [0.2, 0.25) is 0 Å². The van der Waals surface area contributed by atoms with Gasteiger partial charge in [0.15, 0.2) is 0 Å². The molecule has 0 fully saturated rings. The Hall–Kier alpha value is -1.19. The summed E-state index contributed by atoms with van der Waals surface area (Å²) >= 11 is 0. The summed E-state index contributed by atoms with van der Waals surface area (Å²) in [7, 11) is 0. The summed E-state index contributed by atoms with van der Waals surface area (Å²) in [5, 5.41) is 3.05. The largest absolute Gasteiger partial charge is 0.416 e. The molecule has 2 rings (SSSR count). The van der Waals surface area contributed by atoms with Crippen LogP contribution in [0.1, 0.15) is 16.7 Å². The van der Waals surface area contributed by atoms with E-state index in [2.05, 4.69) is 5.32 Å². The predicted molar refractivity (Wildman–Crippen MR) is 48.4 cm³/mol. The monoisotopic (exact) mass is 201 g/mol. The summed E-state index contributed by atoms with van der Waals surface area (Å²) in [5.41, 5.74) is 1.38. The lowest BCUT2D eigenvalue weighted by Crippen LogP contribution is -2.08. The number of alkyl halides is 3. The van der Waals surface area contributed by atoms with Crippen LogP contribution in [0.3, 0.4) is 0 Å². The van der Waals surface area contributed by atoms with E-state index in [0.717, 1.165) is 17.8 Å². The molecule has 1 nitrogen and oxygen atoms in total. The summed E-state index contributed by atoms with van der Waals surface area (Å²) in [5.74, 6) is 0. The van der Waals surface area contributed by atoms with Gasteiger partial charge in [-0.3, -0.25) is 0 Å². The molecule has 0 unspecified atom stereocenters.